The third kappa shape index (κ3) is 3.36. The smallest absolute Gasteiger partial charge is 0.0546 e. The van der Waals surface area contributed by atoms with Crippen LogP contribution in [0.4, 0.5) is 11.4 Å². The number of hydrogen-bond donors (Lipinski definition) is 1. The molecule has 0 fully saturated rings. The van der Waals surface area contributed by atoms with E-state index in [2.05, 4.69) is 165 Å². The number of nitrogens with one attached hydrogen (secondary N) is 1. The van der Waals surface area contributed by atoms with Crippen molar-refractivity contribution in [3.05, 3.63) is 179 Å². The Morgan fingerprint density at radius 3 is 2.07 bits per heavy atom. The summed E-state index contributed by atoms with van der Waals surface area (Å²) in [5.41, 5.74) is 12.9. The van der Waals surface area contributed by atoms with Gasteiger partial charge in [0, 0.05) is 28.6 Å². The Morgan fingerprint density at radius 1 is 0.561 bits per heavy atom. The molecule has 0 spiro atoms. The summed E-state index contributed by atoms with van der Waals surface area (Å²) in [7, 11) is 0. The maximum Gasteiger partial charge on any atom is 0.0546 e. The van der Waals surface area contributed by atoms with Gasteiger partial charge in [-0.2, -0.15) is 0 Å². The third-order valence-electron chi connectivity index (χ3n) is 9.82. The average Bonchev–Trinajstić information content (AvgIpc) is 3.45. The van der Waals surface area contributed by atoms with Gasteiger partial charge in [-0.05, 0) is 62.7 Å². The van der Waals surface area contributed by atoms with Crippen LogP contribution in [0.25, 0.3) is 11.1 Å². The molecular weight excluding hydrogens is 494 g/mol. The SMILES string of the molecule is CC1(C)c2ccccc2-c2ccc(Nc3ccccc3C3(c4ccccc4)c4ccccc4C4C=CC=CC43)cc21. The van der Waals surface area contributed by atoms with Crippen LogP contribution in [-0.4, -0.2) is 0 Å². The molecule has 3 aliphatic rings. The fraction of sp³-hybridized carbons (Fsp3) is 0.150. The molecule has 198 valence electrons. The van der Waals surface area contributed by atoms with E-state index in [-0.39, 0.29) is 16.7 Å². The number of anilines is 2. The molecule has 0 amide bonds. The van der Waals surface area contributed by atoms with Crippen LogP contribution in [-0.2, 0) is 10.8 Å². The summed E-state index contributed by atoms with van der Waals surface area (Å²) in [5.74, 6) is 0.618. The molecule has 41 heavy (non-hydrogen) atoms. The van der Waals surface area contributed by atoms with Crippen molar-refractivity contribution in [1.82, 2.24) is 0 Å². The predicted octanol–water partition coefficient (Wildman–Crippen LogP) is 9.91. The number of para-hydroxylation sites is 1. The van der Waals surface area contributed by atoms with Crippen LogP contribution in [0, 0.1) is 5.92 Å². The van der Waals surface area contributed by atoms with Crippen LogP contribution in [0.1, 0.15) is 53.1 Å². The van der Waals surface area contributed by atoms with Gasteiger partial charge in [0.25, 0.3) is 0 Å². The standard InChI is InChI=1S/C40H33N/c1-39(2)33-19-9-6-16-29(33)32-25-24-28(26-37(32)39)41-38-23-13-12-22-36(38)40(27-14-4-3-5-15-27)34-20-10-7-17-30(34)31-18-8-11-21-35(31)40/h3-26,30,34,41H,1-2H3. The molecular formula is C40H33N. The molecule has 1 heteroatoms. The van der Waals surface area contributed by atoms with Gasteiger partial charge in [-0.15, -0.1) is 0 Å². The zero-order valence-corrected chi connectivity index (χ0v) is 23.5. The summed E-state index contributed by atoms with van der Waals surface area (Å²) in [6.07, 6.45) is 9.28. The molecule has 3 unspecified atom stereocenters. The predicted molar refractivity (Wildman–Crippen MR) is 171 cm³/mol. The van der Waals surface area contributed by atoms with Gasteiger partial charge >= 0.3 is 0 Å². The molecule has 0 bridgehead atoms. The van der Waals surface area contributed by atoms with Gasteiger partial charge in [0.05, 0.1) is 5.41 Å². The second-order valence-electron chi connectivity index (χ2n) is 12.2. The minimum atomic E-state index is -0.320. The number of hydrogen-bond acceptors (Lipinski definition) is 1. The zero-order valence-electron chi connectivity index (χ0n) is 23.5. The summed E-state index contributed by atoms with van der Waals surface area (Å²) >= 11 is 0. The molecule has 1 nitrogen and oxygen atoms in total. The Bertz CT molecular complexity index is 1860. The van der Waals surface area contributed by atoms with Gasteiger partial charge in [0.15, 0.2) is 0 Å². The Morgan fingerprint density at radius 2 is 1.22 bits per heavy atom. The lowest BCUT2D eigenvalue weighted by atomic mass is 9.62. The third-order valence-corrected chi connectivity index (χ3v) is 9.82. The molecule has 0 heterocycles. The van der Waals surface area contributed by atoms with Crippen molar-refractivity contribution in [2.75, 3.05) is 5.32 Å². The summed E-state index contributed by atoms with van der Waals surface area (Å²) in [6, 6.07) is 44.9. The summed E-state index contributed by atoms with van der Waals surface area (Å²) < 4.78 is 0. The first-order valence-electron chi connectivity index (χ1n) is 14.7. The molecule has 0 aliphatic heterocycles. The van der Waals surface area contributed by atoms with E-state index in [1.165, 1.54) is 44.5 Å². The van der Waals surface area contributed by atoms with Crippen LogP contribution >= 0.6 is 0 Å². The van der Waals surface area contributed by atoms with Gasteiger partial charge in [-0.3, -0.25) is 0 Å². The van der Waals surface area contributed by atoms with Gasteiger partial charge in [-0.25, -0.2) is 0 Å². The normalized spacial score (nSPS) is 22.5. The molecule has 1 N–H and O–H groups in total. The molecule has 0 saturated heterocycles. The minimum Gasteiger partial charge on any atom is -0.355 e. The maximum atomic E-state index is 3.92. The van der Waals surface area contributed by atoms with Crippen molar-refractivity contribution in [2.45, 2.75) is 30.6 Å². The van der Waals surface area contributed by atoms with E-state index in [0.29, 0.717) is 5.92 Å². The quantitative estimate of drug-likeness (QED) is 0.245. The second kappa shape index (κ2) is 8.94. The van der Waals surface area contributed by atoms with Gasteiger partial charge < -0.3 is 5.32 Å². The van der Waals surface area contributed by atoms with Crippen molar-refractivity contribution in [3.8, 4) is 11.1 Å². The number of rotatable bonds is 4. The van der Waals surface area contributed by atoms with E-state index in [0.717, 1.165) is 11.4 Å². The molecule has 5 aromatic rings. The molecule has 3 atom stereocenters. The highest BCUT2D eigenvalue weighted by atomic mass is 14.9. The highest BCUT2D eigenvalue weighted by Crippen LogP contribution is 2.60. The van der Waals surface area contributed by atoms with Crippen LogP contribution in [0.15, 0.2) is 146 Å². The second-order valence-corrected chi connectivity index (χ2v) is 12.2. The van der Waals surface area contributed by atoms with Crippen molar-refractivity contribution < 1.29 is 0 Å². The van der Waals surface area contributed by atoms with Crippen molar-refractivity contribution in [3.63, 3.8) is 0 Å². The monoisotopic (exact) mass is 527 g/mol. The topological polar surface area (TPSA) is 12.0 Å². The van der Waals surface area contributed by atoms with Crippen molar-refractivity contribution >= 4 is 11.4 Å². The van der Waals surface area contributed by atoms with Crippen molar-refractivity contribution in [2.24, 2.45) is 5.92 Å². The van der Waals surface area contributed by atoms with E-state index in [4.69, 9.17) is 0 Å². The molecule has 5 aromatic carbocycles. The Hall–Kier alpha value is -4.62. The highest BCUT2D eigenvalue weighted by molar-refractivity contribution is 5.83. The van der Waals surface area contributed by atoms with Gasteiger partial charge in [0.2, 0.25) is 0 Å². The summed E-state index contributed by atoms with van der Waals surface area (Å²) in [5, 5.41) is 3.92. The van der Waals surface area contributed by atoms with Gasteiger partial charge in [0.1, 0.15) is 0 Å². The molecule has 0 aromatic heterocycles. The first kappa shape index (κ1) is 24.2. The first-order chi connectivity index (χ1) is 20.1. The number of fused-ring (bicyclic) bond motifs is 6. The lowest BCUT2D eigenvalue weighted by Gasteiger charge is -2.40. The zero-order chi connectivity index (χ0) is 27.6. The lowest BCUT2D eigenvalue weighted by molar-refractivity contribution is 0.458. The van der Waals surface area contributed by atoms with E-state index in [9.17, 15) is 0 Å². The molecule has 0 saturated carbocycles. The summed E-state index contributed by atoms with van der Waals surface area (Å²) in [4.78, 5) is 0. The number of allylic oxidation sites excluding steroid dienone is 4. The van der Waals surface area contributed by atoms with Gasteiger partial charge in [-0.1, -0.05) is 141 Å². The lowest BCUT2D eigenvalue weighted by Crippen LogP contribution is -2.35. The fourth-order valence-electron chi connectivity index (χ4n) is 8.05. The highest BCUT2D eigenvalue weighted by Gasteiger charge is 2.53. The van der Waals surface area contributed by atoms with Crippen molar-refractivity contribution in [1.29, 1.82) is 0 Å². The number of benzene rings is 5. The largest absolute Gasteiger partial charge is 0.355 e. The molecule has 8 rings (SSSR count). The Labute approximate surface area is 242 Å². The minimum absolute atomic E-state index is 0.0365. The van der Waals surface area contributed by atoms with Crippen LogP contribution in [0.2, 0.25) is 0 Å². The molecule has 3 aliphatic carbocycles. The van der Waals surface area contributed by atoms with Crippen LogP contribution in [0.3, 0.4) is 0 Å². The summed E-state index contributed by atoms with van der Waals surface area (Å²) in [6.45, 7) is 4.69. The average molecular weight is 528 g/mol. The van der Waals surface area contributed by atoms with Crippen LogP contribution in [0.5, 0.6) is 0 Å². The van der Waals surface area contributed by atoms with E-state index >= 15 is 0 Å². The van der Waals surface area contributed by atoms with E-state index in [1.54, 1.807) is 0 Å². The van der Waals surface area contributed by atoms with E-state index in [1.807, 2.05) is 0 Å². The Balaban J connectivity index is 1.31. The Kier molecular flexibility index (Phi) is 5.28. The molecule has 0 radical (unpaired) electrons. The first-order valence-corrected chi connectivity index (χ1v) is 14.7. The fourth-order valence-corrected chi connectivity index (χ4v) is 8.05. The maximum absolute atomic E-state index is 3.92. The van der Waals surface area contributed by atoms with Crippen LogP contribution < -0.4 is 5.32 Å². The van der Waals surface area contributed by atoms with E-state index < -0.39 is 0 Å².